The average Bonchev–Trinajstić information content (AvgIpc) is 2.89. The van der Waals surface area contributed by atoms with Crippen LogP contribution >= 0.6 is 24.0 Å². The molecule has 1 aliphatic rings. The molecule has 0 aliphatic carbocycles. The zero-order valence-electron chi connectivity index (χ0n) is 12.7. The molecule has 0 saturated carbocycles. The summed E-state index contributed by atoms with van der Waals surface area (Å²) in [5.41, 5.74) is 0.517. The number of benzene rings is 1. The van der Waals surface area contributed by atoms with Gasteiger partial charge in [-0.2, -0.15) is 0 Å². The van der Waals surface area contributed by atoms with Gasteiger partial charge in [0.05, 0.1) is 17.2 Å². The largest absolute Gasteiger partial charge is 0.383 e. The van der Waals surface area contributed by atoms with Crippen LogP contribution in [0.4, 0.5) is 0 Å². The second kappa shape index (κ2) is 7.95. The van der Waals surface area contributed by atoms with E-state index in [-0.39, 0.29) is 34.4 Å². The highest BCUT2D eigenvalue weighted by Crippen LogP contribution is 2.24. The van der Waals surface area contributed by atoms with Crippen molar-refractivity contribution < 1.29 is 13.2 Å². The molecule has 0 bridgehead atoms. The second-order valence-corrected chi connectivity index (χ2v) is 7.64. The Morgan fingerprint density at radius 3 is 2.77 bits per heavy atom. The molecule has 126 valence electrons. The van der Waals surface area contributed by atoms with Gasteiger partial charge in [0.15, 0.2) is 0 Å². The lowest BCUT2D eigenvalue weighted by Crippen LogP contribution is -2.52. The number of nitrogens with one attached hydrogen (secondary N) is 2. The van der Waals surface area contributed by atoms with Crippen LogP contribution in [0.3, 0.4) is 0 Å². The third-order valence-corrected chi connectivity index (χ3v) is 5.61. The van der Waals surface area contributed by atoms with Crippen LogP contribution in [-0.2, 0) is 14.8 Å². The average molecular weight is 369 g/mol. The first kappa shape index (κ1) is 19.7. The van der Waals surface area contributed by atoms with E-state index < -0.39 is 10.0 Å². The number of halogens is 2. The summed E-state index contributed by atoms with van der Waals surface area (Å²) in [6, 6.07) is 4.96. The number of ether oxygens (including phenoxy) is 1. The predicted molar refractivity (Wildman–Crippen MR) is 90.5 cm³/mol. The Kier molecular flexibility index (Phi) is 7.11. The zero-order valence-corrected chi connectivity index (χ0v) is 15.1. The van der Waals surface area contributed by atoms with E-state index in [9.17, 15) is 8.42 Å². The van der Waals surface area contributed by atoms with Crippen molar-refractivity contribution in [2.45, 2.75) is 30.2 Å². The Bertz CT molecular complexity index is 602. The van der Waals surface area contributed by atoms with Gasteiger partial charge in [-0.3, -0.25) is 0 Å². The molecule has 1 unspecified atom stereocenters. The fourth-order valence-electron chi connectivity index (χ4n) is 2.60. The van der Waals surface area contributed by atoms with Crippen LogP contribution in [0, 0.1) is 6.92 Å². The Balaban J connectivity index is 0.00000242. The van der Waals surface area contributed by atoms with Crippen molar-refractivity contribution in [3.05, 3.63) is 28.8 Å². The number of rotatable bonds is 6. The van der Waals surface area contributed by atoms with Crippen molar-refractivity contribution in [3.63, 3.8) is 0 Å². The molecule has 5 nitrogen and oxygen atoms in total. The molecule has 1 fully saturated rings. The fraction of sp³-hybridized carbons (Fsp3) is 0.571. The summed E-state index contributed by atoms with van der Waals surface area (Å²) in [5, 5.41) is 3.57. The third-order valence-electron chi connectivity index (χ3n) is 3.73. The molecule has 22 heavy (non-hydrogen) atoms. The van der Waals surface area contributed by atoms with Crippen LogP contribution in [0.15, 0.2) is 23.1 Å². The summed E-state index contributed by atoms with van der Waals surface area (Å²) in [7, 11) is -2.02. The number of sulfonamides is 1. The Morgan fingerprint density at radius 1 is 1.45 bits per heavy atom. The van der Waals surface area contributed by atoms with Crippen molar-refractivity contribution in [3.8, 4) is 0 Å². The van der Waals surface area contributed by atoms with Gasteiger partial charge in [0, 0.05) is 13.7 Å². The van der Waals surface area contributed by atoms with E-state index in [2.05, 4.69) is 10.0 Å². The van der Waals surface area contributed by atoms with Gasteiger partial charge in [-0.05, 0) is 44.0 Å². The quantitative estimate of drug-likeness (QED) is 0.806. The Hall–Kier alpha value is -0.370. The first-order valence-corrected chi connectivity index (χ1v) is 8.74. The highest BCUT2D eigenvalue weighted by Gasteiger charge is 2.35. The normalized spacial score (nSPS) is 21.6. The van der Waals surface area contributed by atoms with Gasteiger partial charge in [-0.1, -0.05) is 17.7 Å². The maximum absolute atomic E-state index is 12.4. The molecule has 0 aromatic heterocycles. The van der Waals surface area contributed by atoms with E-state index in [0.29, 0.717) is 6.61 Å². The van der Waals surface area contributed by atoms with E-state index in [1.807, 2.05) is 6.92 Å². The number of aryl methyl sites for hydroxylation is 1. The van der Waals surface area contributed by atoms with Crippen molar-refractivity contribution in [2.24, 2.45) is 0 Å². The number of hydrogen-bond donors (Lipinski definition) is 2. The van der Waals surface area contributed by atoms with Gasteiger partial charge in [-0.25, -0.2) is 13.1 Å². The molecule has 2 N–H and O–H groups in total. The molecule has 1 aliphatic heterocycles. The van der Waals surface area contributed by atoms with Gasteiger partial charge in [0.25, 0.3) is 0 Å². The first-order valence-electron chi connectivity index (χ1n) is 6.88. The maximum atomic E-state index is 12.4. The summed E-state index contributed by atoms with van der Waals surface area (Å²) in [4.78, 5) is 0.120. The molecule has 8 heteroatoms. The lowest BCUT2D eigenvalue weighted by Gasteiger charge is -2.29. The molecule has 1 heterocycles. The summed E-state index contributed by atoms with van der Waals surface area (Å²) in [6.45, 7) is 3.46. The van der Waals surface area contributed by atoms with Crippen molar-refractivity contribution in [1.29, 1.82) is 0 Å². The Labute approximate surface area is 143 Å². The van der Waals surface area contributed by atoms with Gasteiger partial charge < -0.3 is 10.1 Å². The molecule has 0 radical (unpaired) electrons. The number of hydrogen-bond acceptors (Lipinski definition) is 4. The van der Waals surface area contributed by atoms with Crippen molar-refractivity contribution in [2.75, 3.05) is 26.8 Å². The molecule has 0 amide bonds. The zero-order chi connectivity index (χ0) is 15.5. The lowest BCUT2D eigenvalue weighted by molar-refractivity contribution is 0.122. The van der Waals surface area contributed by atoms with E-state index in [1.165, 1.54) is 0 Å². The minimum Gasteiger partial charge on any atom is -0.383 e. The highest BCUT2D eigenvalue weighted by atomic mass is 35.5. The summed E-state index contributed by atoms with van der Waals surface area (Å²) < 4.78 is 32.8. The molecule has 1 aromatic rings. The fourth-order valence-corrected chi connectivity index (χ4v) is 4.31. The minimum atomic E-state index is -3.63. The van der Waals surface area contributed by atoms with Crippen LogP contribution in [-0.4, -0.2) is 40.8 Å². The minimum absolute atomic E-state index is 0. The smallest absolute Gasteiger partial charge is 0.242 e. The van der Waals surface area contributed by atoms with Crippen LogP contribution < -0.4 is 10.0 Å². The summed E-state index contributed by atoms with van der Waals surface area (Å²) in [5.74, 6) is 0. The molecule has 1 atom stereocenters. The summed E-state index contributed by atoms with van der Waals surface area (Å²) in [6.07, 6.45) is 1.89. The van der Waals surface area contributed by atoms with Gasteiger partial charge >= 0.3 is 0 Å². The standard InChI is InChI=1S/C14H21ClN2O3S.ClH/c1-11-4-5-12(15)13(8-11)21(18,19)17-9-14(10-20-2)6-3-7-16-14;/h4-5,8,16-17H,3,6-7,9-10H2,1-2H3;1H. The molecule has 1 aromatic carbocycles. The molecule has 2 rings (SSSR count). The second-order valence-electron chi connectivity index (χ2n) is 5.50. The van der Waals surface area contributed by atoms with Crippen molar-refractivity contribution >= 4 is 34.0 Å². The topological polar surface area (TPSA) is 67.4 Å². The van der Waals surface area contributed by atoms with Gasteiger partial charge in [0.1, 0.15) is 4.90 Å². The molecular formula is C14H22Cl2N2O3S. The predicted octanol–water partition coefficient (Wildman–Crippen LogP) is 2.12. The van der Waals surface area contributed by atoms with E-state index >= 15 is 0 Å². The maximum Gasteiger partial charge on any atom is 0.242 e. The van der Waals surface area contributed by atoms with Gasteiger partial charge in [0.2, 0.25) is 10.0 Å². The first-order chi connectivity index (χ1) is 9.88. The Morgan fingerprint density at radius 2 is 2.18 bits per heavy atom. The SMILES string of the molecule is COCC1(CNS(=O)(=O)c2cc(C)ccc2Cl)CCCN1.Cl. The lowest BCUT2D eigenvalue weighted by atomic mass is 9.99. The van der Waals surface area contributed by atoms with Crippen LogP contribution in [0.2, 0.25) is 5.02 Å². The highest BCUT2D eigenvalue weighted by molar-refractivity contribution is 7.89. The molecular weight excluding hydrogens is 347 g/mol. The van der Waals surface area contributed by atoms with Crippen LogP contribution in [0.25, 0.3) is 0 Å². The molecule has 0 spiro atoms. The van der Waals surface area contributed by atoms with Crippen LogP contribution in [0.5, 0.6) is 0 Å². The summed E-state index contributed by atoms with van der Waals surface area (Å²) >= 11 is 6.01. The van der Waals surface area contributed by atoms with E-state index in [0.717, 1.165) is 24.9 Å². The number of methoxy groups -OCH3 is 1. The van der Waals surface area contributed by atoms with Crippen molar-refractivity contribution in [1.82, 2.24) is 10.0 Å². The van der Waals surface area contributed by atoms with Crippen LogP contribution in [0.1, 0.15) is 18.4 Å². The van der Waals surface area contributed by atoms with E-state index in [1.54, 1.807) is 25.3 Å². The third kappa shape index (κ3) is 4.57. The molecule has 1 saturated heterocycles. The van der Waals surface area contributed by atoms with Gasteiger partial charge in [-0.15, -0.1) is 12.4 Å². The van der Waals surface area contributed by atoms with E-state index in [4.69, 9.17) is 16.3 Å². The monoisotopic (exact) mass is 368 g/mol.